The minimum absolute atomic E-state index is 0.131. The number of fused-ring (bicyclic) bond motifs is 1. The van der Waals surface area contributed by atoms with E-state index in [-0.39, 0.29) is 5.60 Å². The van der Waals surface area contributed by atoms with E-state index >= 15 is 0 Å². The Hall–Kier alpha value is -0.380. The molecule has 0 unspecified atom stereocenters. The lowest BCUT2D eigenvalue weighted by molar-refractivity contribution is -0.901. The third-order valence-electron chi connectivity index (χ3n) is 5.78. The van der Waals surface area contributed by atoms with Gasteiger partial charge >= 0.3 is 0 Å². The van der Waals surface area contributed by atoms with Gasteiger partial charge in [0.2, 0.25) is 0 Å². The fourth-order valence-corrected chi connectivity index (χ4v) is 4.54. The molecular formula is C14H24N2O+2. The molecule has 4 aliphatic rings. The summed E-state index contributed by atoms with van der Waals surface area (Å²) in [5.74, 6) is 0.806. The number of rotatable bonds is 0. The highest BCUT2D eigenvalue weighted by atomic mass is 16.5. The highest BCUT2D eigenvalue weighted by Crippen LogP contribution is 2.47. The van der Waals surface area contributed by atoms with Crippen LogP contribution in [0.2, 0.25) is 0 Å². The van der Waals surface area contributed by atoms with Crippen molar-refractivity contribution in [3.63, 3.8) is 0 Å². The van der Waals surface area contributed by atoms with Crippen LogP contribution in [0.15, 0.2) is 12.2 Å². The molecule has 2 spiro atoms. The van der Waals surface area contributed by atoms with Crippen molar-refractivity contribution in [3.8, 4) is 0 Å². The third-order valence-corrected chi connectivity index (χ3v) is 5.78. The van der Waals surface area contributed by atoms with Crippen molar-refractivity contribution in [2.75, 3.05) is 26.7 Å². The number of nitrogens with one attached hydrogen (secondary N) is 1. The Morgan fingerprint density at radius 1 is 1.35 bits per heavy atom. The van der Waals surface area contributed by atoms with Gasteiger partial charge in [-0.2, -0.15) is 0 Å². The SMILES string of the molecule is C[NH+]1CCC2(CC1)C[C@H]1C[C@@H]3C=C[C@@]1(C[NH2+]2)O3. The molecule has 0 aliphatic carbocycles. The Morgan fingerprint density at radius 2 is 2.18 bits per heavy atom. The van der Waals surface area contributed by atoms with Gasteiger partial charge in [-0.25, -0.2) is 0 Å². The zero-order chi connectivity index (χ0) is 11.5. The van der Waals surface area contributed by atoms with Crippen LogP contribution >= 0.6 is 0 Å². The molecule has 0 amide bonds. The lowest BCUT2D eigenvalue weighted by Crippen LogP contribution is -3.14. The minimum atomic E-state index is 0.131. The molecule has 0 saturated carbocycles. The third kappa shape index (κ3) is 1.46. The summed E-state index contributed by atoms with van der Waals surface area (Å²) < 4.78 is 6.17. The lowest BCUT2D eigenvalue weighted by Gasteiger charge is -2.46. The van der Waals surface area contributed by atoms with E-state index in [2.05, 4.69) is 24.5 Å². The average molecular weight is 236 g/mol. The Bertz CT molecular complexity index is 359. The molecule has 3 nitrogen and oxygen atoms in total. The van der Waals surface area contributed by atoms with Gasteiger partial charge in [0.1, 0.15) is 17.7 Å². The molecule has 4 heterocycles. The van der Waals surface area contributed by atoms with Crippen molar-refractivity contribution in [2.24, 2.45) is 5.92 Å². The summed E-state index contributed by atoms with van der Waals surface area (Å²) in [5, 5.41) is 2.63. The van der Waals surface area contributed by atoms with Gasteiger partial charge in [-0.05, 0) is 12.5 Å². The maximum atomic E-state index is 6.17. The second-order valence-corrected chi connectivity index (χ2v) is 6.83. The van der Waals surface area contributed by atoms with Gasteiger partial charge in [-0.15, -0.1) is 0 Å². The second-order valence-electron chi connectivity index (χ2n) is 6.83. The first kappa shape index (κ1) is 10.5. The van der Waals surface area contributed by atoms with Crippen LogP contribution in [-0.4, -0.2) is 43.9 Å². The maximum absolute atomic E-state index is 6.17. The first-order chi connectivity index (χ1) is 8.20. The molecule has 2 bridgehead atoms. The van der Waals surface area contributed by atoms with E-state index in [1.807, 2.05) is 0 Å². The van der Waals surface area contributed by atoms with E-state index in [1.165, 1.54) is 45.3 Å². The summed E-state index contributed by atoms with van der Waals surface area (Å²) in [4.78, 5) is 1.72. The van der Waals surface area contributed by atoms with Crippen molar-refractivity contribution < 1.29 is 15.0 Å². The van der Waals surface area contributed by atoms with E-state index in [4.69, 9.17) is 4.74 Å². The summed E-state index contributed by atoms with van der Waals surface area (Å²) >= 11 is 0. The molecule has 3 fully saturated rings. The molecular weight excluding hydrogens is 212 g/mol. The zero-order valence-electron chi connectivity index (χ0n) is 10.7. The summed E-state index contributed by atoms with van der Waals surface area (Å²) in [6, 6.07) is 0. The van der Waals surface area contributed by atoms with Gasteiger partial charge in [0, 0.05) is 12.3 Å². The topological polar surface area (TPSA) is 30.3 Å². The van der Waals surface area contributed by atoms with Gasteiger partial charge in [0.05, 0.1) is 39.1 Å². The minimum Gasteiger partial charge on any atom is -0.357 e. The monoisotopic (exact) mass is 236 g/mol. The molecule has 17 heavy (non-hydrogen) atoms. The summed E-state index contributed by atoms with van der Waals surface area (Å²) in [7, 11) is 2.33. The molecule has 3 N–H and O–H groups in total. The predicted molar refractivity (Wildman–Crippen MR) is 64.8 cm³/mol. The second kappa shape index (κ2) is 3.34. The first-order valence-electron chi connectivity index (χ1n) is 7.23. The van der Waals surface area contributed by atoms with Crippen LogP contribution in [0.25, 0.3) is 0 Å². The largest absolute Gasteiger partial charge is 0.357 e. The standard InChI is InChI=1S/C14H22N2O/c1-16-6-4-13(5-7-16)9-11-8-12-2-3-14(11,17-12)10-15-13/h2-3,11-12,15H,4-10H2,1H3/p+2/t11-,12+,14+/m1/s1. The Labute approximate surface area is 103 Å². The number of quaternary nitrogens is 2. The fraction of sp³-hybridized carbons (Fsp3) is 0.857. The van der Waals surface area contributed by atoms with Crippen LogP contribution in [0.3, 0.4) is 0 Å². The van der Waals surface area contributed by atoms with Gasteiger partial charge in [0.25, 0.3) is 0 Å². The molecule has 4 aliphatic heterocycles. The summed E-state index contributed by atoms with van der Waals surface area (Å²) in [6.07, 6.45) is 10.6. The van der Waals surface area contributed by atoms with Crippen LogP contribution in [0.5, 0.6) is 0 Å². The highest BCUT2D eigenvalue weighted by Gasteiger charge is 2.59. The molecule has 0 aromatic carbocycles. The predicted octanol–water partition coefficient (Wildman–Crippen LogP) is -1.29. The van der Waals surface area contributed by atoms with Crippen molar-refractivity contribution >= 4 is 0 Å². The number of ether oxygens (including phenoxy) is 1. The van der Waals surface area contributed by atoms with Crippen LogP contribution < -0.4 is 10.2 Å². The highest BCUT2D eigenvalue weighted by molar-refractivity contribution is 5.22. The van der Waals surface area contributed by atoms with Gasteiger partial charge in [-0.1, -0.05) is 6.08 Å². The molecule has 0 aromatic heterocycles. The van der Waals surface area contributed by atoms with E-state index in [0.29, 0.717) is 11.6 Å². The van der Waals surface area contributed by atoms with Crippen LogP contribution in [-0.2, 0) is 4.74 Å². The molecule has 3 atom stereocenters. The number of nitrogens with two attached hydrogens (primary N) is 1. The first-order valence-corrected chi connectivity index (χ1v) is 7.23. The van der Waals surface area contributed by atoms with Crippen molar-refractivity contribution in [1.82, 2.24) is 0 Å². The van der Waals surface area contributed by atoms with E-state index < -0.39 is 0 Å². The smallest absolute Gasteiger partial charge is 0.139 e. The molecule has 4 rings (SSSR count). The lowest BCUT2D eigenvalue weighted by atomic mass is 9.68. The fourth-order valence-electron chi connectivity index (χ4n) is 4.54. The molecule has 94 valence electrons. The zero-order valence-corrected chi connectivity index (χ0v) is 10.7. The summed E-state index contributed by atoms with van der Waals surface area (Å²) in [6.45, 7) is 3.89. The Kier molecular flexibility index (Phi) is 2.07. The molecule has 0 radical (unpaired) electrons. The number of likely N-dealkylation sites (tertiary alicyclic amines) is 1. The van der Waals surface area contributed by atoms with Crippen LogP contribution in [0.1, 0.15) is 25.7 Å². The van der Waals surface area contributed by atoms with Crippen LogP contribution in [0.4, 0.5) is 0 Å². The maximum Gasteiger partial charge on any atom is 0.139 e. The van der Waals surface area contributed by atoms with E-state index in [0.717, 1.165) is 5.92 Å². The Morgan fingerprint density at radius 3 is 2.94 bits per heavy atom. The van der Waals surface area contributed by atoms with Gasteiger partial charge in [-0.3, -0.25) is 0 Å². The van der Waals surface area contributed by atoms with E-state index in [9.17, 15) is 0 Å². The molecule has 3 heteroatoms. The van der Waals surface area contributed by atoms with Gasteiger partial charge in [0.15, 0.2) is 0 Å². The van der Waals surface area contributed by atoms with Crippen molar-refractivity contribution in [3.05, 3.63) is 12.2 Å². The Balaban J connectivity index is 1.54. The van der Waals surface area contributed by atoms with Crippen molar-refractivity contribution in [1.29, 1.82) is 0 Å². The normalized spacial score (nSPS) is 56.4. The van der Waals surface area contributed by atoms with Crippen LogP contribution in [0, 0.1) is 5.92 Å². The number of hydrogen-bond acceptors (Lipinski definition) is 1. The molecule has 0 aromatic rings. The van der Waals surface area contributed by atoms with E-state index in [1.54, 1.807) is 4.90 Å². The quantitative estimate of drug-likeness (QED) is 0.504. The molecule has 3 saturated heterocycles. The number of piperidine rings is 2. The summed E-state index contributed by atoms with van der Waals surface area (Å²) in [5.41, 5.74) is 0.698. The van der Waals surface area contributed by atoms with Gasteiger partial charge < -0.3 is 15.0 Å². The van der Waals surface area contributed by atoms with Crippen molar-refractivity contribution in [2.45, 2.75) is 42.9 Å². The average Bonchev–Trinajstić information content (AvgIpc) is 2.89. The number of hydrogen-bond donors (Lipinski definition) is 2.